The molecule has 4 nitrogen and oxygen atoms in total. The number of nitrogens with one attached hydrogen (secondary N) is 1. The van der Waals surface area contributed by atoms with Crippen LogP contribution in [0.3, 0.4) is 0 Å². The molecule has 0 heterocycles. The van der Waals surface area contributed by atoms with Crippen molar-refractivity contribution in [3.63, 3.8) is 0 Å². The minimum absolute atomic E-state index is 0.674. The highest BCUT2D eigenvalue weighted by Crippen LogP contribution is 2.12. The van der Waals surface area contributed by atoms with Gasteiger partial charge in [0, 0.05) is 0 Å². The molecule has 0 aromatic rings. The van der Waals surface area contributed by atoms with Crippen molar-refractivity contribution in [2.24, 2.45) is 0 Å². The van der Waals surface area contributed by atoms with E-state index >= 15 is 0 Å². The Balaban J connectivity index is 3.95. The maximum absolute atomic E-state index is 11.2. The van der Waals surface area contributed by atoms with Crippen LogP contribution in [0.5, 0.6) is 0 Å². The van der Waals surface area contributed by atoms with Gasteiger partial charge in [0.25, 0.3) is 0 Å². The number of carboxylic acids is 1. The van der Waals surface area contributed by atoms with E-state index in [1.807, 2.05) is 6.92 Å². The highest BCUT2D eigenvalue weighted by molar-refractivity contribution is 5.78. The van der Waals surface area contributed by atoms with Crippen molar-refractivity contribution in [3.8, 4) is 0 Å². The highest BCUT2D eigenvalue weighted by atomic mass is 16.4. The van der Waals surface area contributed by atoms with Crippen molar-refractivity contribution < 1.29 is 9.90 Å². The second-order valence-corrected chi connectivity index (χ2v) is 4.69. The second kappa shape index (κ2) is 8.48. The maximum Gasteiger partial charge on any atom is 0.323 e. The summed E-state index contributed by atoms with van der Waals surface area (Å²) in [7, 11) is 0. The van der Waals surface area contributed by atoms with Gasteiger partial charge < -0.3 is 15.3 Å². The molecule has 0 saturated heterocycles. The van der Waals surface area contributed by atoms with Crippen LogP contribution in [0.15, 0.2) is 0 Å². The van der Waals surface area contributed by atoms with Crippen LogP contribution in [-0.4, -0.2) is 47.7 Å². The summed E-state index contributed by atoms with van der Waals surface area (Å²) < 4.78 is 0. The molecular weight excluding hydrogens is 216 g/mol. The Kier molecular flexibility index (Phi) is 8.17. The number of hydrogen-bond acceptors (Lipinski definition) is 3. The summed E-state index contributed by atoms with van der Waals surface area (Å²) >= 11 is 0. The van der Waals surface area contributed by atoms with Gasteiger partial charge in [0.1, 0.15) is 5.54 Å². The topological polar surface area (TPSA) is 52.6 Å². The smallest absolute Gasteiger partial charge is 0.323 e. The first kappa shape index (κ1) is 16.4. The molecule has 0 rings (SSSR count). The van der Waals surface area contributed by atoms with E-state index in [0.29, 0.717) is 6.42 Å². The van der Waals surface area contributed by atoms with Crippen LogP contribution in [0.4, 0.5) is 0 Å². The molecule has 4 heteroatoms. The van der Waals surface area contributed by atoms with Crippen molar-refractivity contribution in [2.75, 3.05) is 26.2 Å². The Morgan fingerprint density at radius 3 is 2.29 bits per heavy atom. The molecule has 0 saturated carbocycles. The molecule has 0 amide bonds. The van der Waals surface area contributed by atoms with Gasteiger partial charge >= 0.3 is 5.97 Å². The van der Waals surface area contributed by atoms with Gasteiger partial charge in [0.05, 0.1) is 0 Å². The van der Waals surface area contributed by atoms with E-state index in [1.54, 1.807) is 6.92 Å². The lowest BCUT2D eigenvalue weighted by molar-refractivity contribution is -0.144. The third-order valence-electron chi connectivity index (χ3n) is 3.28. The molecule has 1 atom stereocenters. The van der Waals surface area contributed by atoms with Crippen LogP contribution in [-0.2, 0) is 4.79 Å². The van der Waals surface area contributed by atoms with Gasteiger partial charge in [0.15, 0.2) is 0 Å². The summed E-state index contributed by atoms with van der Waals surface area (Å²) in [5.74, 6) is -0.748. The van der Waals surface area contributed by atoms with Gasteiger partial charge in [-0.15, -0.1) is 0 Å². The van der Waals surface area contributed by atoms with Crippen LogP contribution in [0.2, 0.25) is 0 Å². The Morgan fingerprint density at radius 2 is 1.88 bits per heavy atom. The molecule has 0 bridgehead atoms. The fraction of sp³-hybridized carbons (Fsp3) is 0.923. The maximum atomic E-state index is 11.2. The second-order valence-electron chi connectivity index (χ2n) is 4.69. The summed E-state index contributed by atoms with van der Waals surface area (Å²) in [5.41, 5.74) is -0.766. The summed E-state index contributed by atoms with van der Waals surface area (Å²) in [6.07, 6.45) is 2.55. The van der Waals surface area contributed by atoms with Gasteiger partial charge in [-0.1, -0.05) is 27.2 Å². The molecule has 102 valence electrons. The zero-order valence-corrected chi connectivity index (χ0v) is 11.8. The average Bonchev–Trinajstić information content (AvgIpc) is 2.29. The average molecular weight is 244 g/mol. The Labute approximate surface area is 105 Å². The van der Waals surface area contributed by atoms with Crippen LogP contribution >= 0.6 is 0 Å². The number of rotatable bonds is 10. The van der Waals surface area contributed by atoms with Crippen molar-refractivity contribution in [1.82, 2.24) is 10.2 Å². The lowest BCUT2D eigenvalue weighted by Gasteiger charge is -2.26. The summed E-state index contributed by atoms with van der Waals surface area (Å²) in [6.45, 7) is 12.0. The van der Waals surface area contributed by atoms with Crippen molar-refractivity contribution >= 4 is 5.97 Å². The third kappa shape index (κ3) is 6.03. The number of aliphatic carboxylic acids is 1. The predicted molar refractivity (Wildman–Crippen MR) is 71.4 cm³/mol. The molecule has 2 N–H and O–H groups in total. The van der Waals surface area contributed by atoms with Crippen molar-refractivity contribution in [2.45, 2.75) is 52.5 Å². The van der Waals surface area contributed by atoms with Gasteiger partial charge in [0.2, 0.25) is 0 Å². The third-order valence-corrected chi connectivity index (χ3v) is 3.28. The minimum Gasteiger partial charge on any atom is -0.480 e. The van der Waals surface area contributed by atoms with E-state index in [0.717, 1.165) is 39.0 Å². The van der Waals surface area contributed by atoms with Crippen LogP contribution < -0.4 is 5.32 Å². The number of carbonyl (C=O) groups is 1. The monoisotopic (exact) mass is 244 g/mol. The van der Waals surface area contributed by atoms with E-state index in [1.165, 1.54) is 0 Å². The largest absolute Gasteiger partial charge is 0.480 e. The number of nitrogens with zero attached hydrogens (tertiary/aromatic N) is 1. The van der Waals surface area contributed by atoms with Gasteiger partial charge in [-0.25, -0.2) is 0 Å². The van der Waals surface area contributed by atoms with Crippen molar-refractivity contribution in [3.05, 3.63) is 0 Å². The van der Waals surface area contributed by atoms with E-state index in [4.69, 9.17) is 0 Å². The fourth-order valence-electron chi connectivity index (χ4n) is 1.98. The zero-order chi connectivity index (χ0) is 13.3. The van der Waals surface area contributed by atoms with E-state index < -0.39 is 11.5 Å². The molecule has 0 aliphatic carbocycles. The van der Waals surface area contributed by atoms with E-state index in [2.05, 4.69) is 24.1 Å². The Bertz CT molecular complexity index is 217. The standard InChI is InChI=1S/C13H28N2O2/c1-5-9-13(4,12(16)17)14-10-8-11-15(6-2)7-3/h14H,5-11H2,1-4H3,(H,16,17). The quantitative estimate of drug-likeness (QED) is 0.577. The first-order valence-corrected chi connectivity index (χ1v) is 6.70. The molecule has 0 radical (unpaired) electrons. The highest BCUT2D eigenvalue weighted by Gasteiger charge is 2.30. The molecule has 0 aliphatic heterocycles. The molecule has 17 heavy (non-hydrogen) atoms. The van der Waals surface area contributed by atoms with Crippen LogP contribution in [0, 0.1) is 0 Å². The molecule has 0 aromatic heterocycles. The summed E-state index contributed by atoms with van der Waals surface area (Å²) in [6, 6.07) is 0. The minimum atomic E-state index is -0.766. The predicted octanol–water partition coefficient (Wildman–Crippen LogP) is 1.95. The number of carboxylic acid groups (broad SMARTS) is 1. The molecule has 1 unspecified atom stereocenters. The van der Waals surface area contributed by atoms with Crippen molar-refractivity contribution in [1.29, 1.82) is 0 Å². The van der Waals surface area contributed by atoms with Gasteiger partial charge in [-0.05, 0) is 45.9 Å². The van der Waals surface area contributed by atoms with E-state index in [9.17, 15) is 9.90 Å². The summed E-state index contributed by atoms with van der Waals surface area (Å²) in [4.78, 5) is 13.5. The molecule has 0 aliphatic rings. The molecule has 0 spiro atoms. The number of hydrogen-bond donors (Lipinski definition) is 2. The van der Waals surface area contributed by atoms with E-state index in [-0.39, 0.29) is 0 Å². The van der Waals surface area contributed by atoms with Crippen LogP contribution in [0.25, 0.3) is 0 Å². The van der Waals surface area contributed by atoms with Gasteiger partial charge in [-0.3, -0.25) is 4.79 Å². The van der Waals surface area contributed by atoms with Crippen LogP contribution in [0.1, 0.15) is 47.0 Å². The molecular formula is C13H28N2O2. The lowest BCUT2D eigenvalue weighted by Crippen LogP contribution is -2.50. The lowest BCUT2D eigenvalue weighted by atomic mass is 9.96. The summed E-state index contributed by atoms with van der Waals surface area (Å²) in [5, 5.41) is 12.4. The molecule has 0 fully saturated rings. The normalized spacial score (nSPS) is 14.9. The SMILES string of the molecule is CCCC(C)(NCCCN(CC)CC)C(=O)O. The fourth-order valence-corrected chi connectivity index (χ4v) is 1.98. The first-order valence-electron chi connectivity index (χ1n) is 6.70. The van der Waals surface area contributed by atoms with Gasteiger partial charge in [-0.2, -0.15) is 0 Å². The zero-order valence-electron chi connectivity index (χ0n) is 11.8. The first-order chi connectivity index (χ1) is 8.00. The molecule has 0 aromatic carbocycles. The Hall–Kier alpha value is -0.610. The Morgan fingerprint density at radius 1 is 1.29 bits per heavy atom.